The van der Waals surface area contributed by atoms with Gasteiger partial charge in [0.1, 0.15) is 0 Å². The third-order valence-electron chi connectivity index (χ3n) is 5.94. The highest BCUT2D eigenvalue weighted by Crippen LogP contribution is 2.24. The summed E-state index contributed by atoms with van der Waals surface area (Å²) in [7, 11) is -0.590. The van der Waals surface area contributed by atoms with Gasteiger partial charge in [0.25, 0.3) is 16.1 Å². The van der Waals surface area contributed by atoms with Crippen molar-refractivity contribution in [2.45, 2.75) is 39.0 Å². The zero-order valence-corrected chi connectivity index (χ0v) is 21.3. The number of nitrogens with zero attached hydrogens (tertiary/aromatic N) is 2. The van der Waals surface area contributed by atoms with E-state index in [2.05, 4.69) is 31.4 Å². The molecule has 9 heteroatoms. The average molecular weight is 487 g/mol. The van der Waals surface area contributed by atoms with E-state index in [1.165, 1.54) is 18.4 Å². The number of anilines is 2. The average Bonchev–Trinajstić information content (AvgIpc) is 2.78. The van der Waals surface area contributed by atoms with Crippen LogP contribution in [0.1, 0.15) is 49.5 Å². The van der Waals surface area contributed by atoms with Crippen LogP contribution in [0.3, 0.4) is 0 Å². The van der Waals surface area contributed by atoms with Crippen molar-refractivity contribution >= 4 is 33.4 Å². The van der Waals surface area contributed by atoms with Crippen molar-refractivity contribution in [3.05, 3.63) is 59.7 Å². The number of nitrogens with one attached hydrogen (secondary N) is 2. The van der Waals surface area contributed by atoms with Gasteiger partial charge in [-0.1, -0.05) is 39.0 Å². The van der Waals surface area contributed by atoms with E-state index in [1.807, 2.05) is 12.1 Å². The zero-order chi connectivity index (χ0) is 25.1. The molecular formula is C25H34N4O4S. The molecule has 1 fully saturated rings. The summed E-state index contributed by atoms with van der Waals surface area (Å²) in [6, 6.07) is 14.4. The largest absolute Gasteiger partial charge is 0.326 e. The van der Waals surface area contributed by atoms with Gasteiger partial charge in [0.15, 0.2) is 0 Å². The van der Waals surface area contributed by atoms with Gasteiger partial charge in [0.05, 0.1) is 5.92 Å². The Hall–Kier alpha value is -2.75. The second-order valence-corrected chi connectivity index (χ2v) is 12.0. The molecule has 1 saturated heterocycles. The Labute approximate surface area is 202 Å². The Balaban J connectivity index is 1.64. The second kappa shape index (κ2) is 10.2. The Bertz CT molecular complexity index is 1140. The number of carbonyl (C=O) groups excluding carboxylic acids is 2. The maximum absolute atomic E-state index is 12.8. The Kier molecular flexibility index (Phi) is 7.80. The van der Waals surface area contributed by atoms with Crippen LogP contribution in [0.5, 0.6) is 0 Å². The van der Waals surface area contributed by atoms with Crippen molar-refractivity contribution < 1.29 is 18.0 Å². The molecule has 0 saturated carbocycles. The number of amides is 2. The quantitative estimate of drug-likeness (QED) is 0.651. The van der Waals surface area contributed by atoms with Crippen LogP contribution in [-0.4, -0.2) is 56.0 Å². The molecule has 34 heavy (non-hydrogen) atoms. The van der Waals surface area contributed by atoms with Gasteiger partial charge in [-0.25, -0.2) is 0 Å². The van der Waals surface area contributed by atoms with Crippen molar-refractivity contribution in [1.29, 1.82) is 0 Å². The van der Waals surface area contributed by atoms with E-state index < -0.39 is 16.1 Å². The lowest BCUT2D eigenvalue weighted by Crippen LogP contribution is -2.47. The van der Waals surface area contributed by atoms with Crippen LogP contribution in [0.4, 0.5) is 11.4 Å². The van der Waals surface area contributed by atoms with Gasteiger partial charge in [-0.15, -0.1) is 0 Å². The maximum Gasteiger partial charge on any atom is 0.281 e. The highest BCUT2D eigenvalue weighted by molar-refractivity contribution is 7.86. The fourth-order valence-corrected chi connectivity index (χ4v) is 5.03. The van der Waals surface area contributed by atoms with Crippen LogP contribution in [0, 0.1) is 5.92 Å². The molecule has 0 unspecified atom stereocenters. The molecule has 0 radical (unpaired) electrons. The van der Waals surface area contributed by atoms with Crippen molar-refractivity contribution in [2.75, 3.05) is 37.8 Å². The van der Waals surface area contributed by atoms with Crippen LogP contribution in [0.25, 0.3) is 0 Å². The minimum absolute atomic E-state index is 0.00750. The van der Waals surface area contributed by atoms with Gasteiger partial charge in [0.2, 0.25) is 5.91 Å². The van der Waals surface area contributed by atoms with Crippen LogP contribution >= 0.6 is 0 Å². The predicted octanol–water partition coefficient (Wildman–Crippen LogP) is 3.69. The first kappa shape index (κ1) is 25.9. The first-order valence-electron chi connectivity index (χ1n) is 11.4. The third-order valence-corrected chi connectivity index (χ3v) is 7.85. The molecule has 3 rings (SSSR count). The lowest BCUT2D eigenvalue weighted by molar-refractivity contribution is -0.120. The van der Waals surface area contributed by atoms with E-state index in [1.54, 1.807) is 36.4 Å². The summed E-state index contributed by atoms with van der Waals surface area (Å²) >= 11 is 0. The zero-order valence-electron chi connectivity index (χ0n) is 20.5. The summed E-state index contributed by atoms with van der Waals surface area (Å²) in [6.45, 7) is 6.91. The second-order valence-electron chi connectivity index (χ2n) is 9.84. The Morgan fingerprint density at radius 1 is 1.00 bits per heavy atom. The van der Waals surface area contributed by atoms with Crippen LogP contribution in [0.15, 0.2) is 48.5 Å². The molecule has 1 heterocycles. The fourth-order valence-electron chi connectivity index (χ4n) is 3.84. The SMILES string of the molecule is CN(C)S(=O)(=O)N1CCC[C@@H](C(=O)Nc2cccc(NC(=O)c3ccc(C(C)(C)C)cc3)c2)C1. The molecular weight excluding hydrogens is 452 g/mol. The number of hydrogen-bond donors (Lipinski definition) is 2. The molecule has 1 aliphatic heterocycles. The molecule has 0 aliphatic carbocycles. The first-order valence-corrected chi connectivity index (χ1v) is 12.8. The van der Waals surface area contributed by atoms with Crippen LogP contribution in [0.2, 0.25) is 0 Å². The van der Waals surface area contributed by atoms with Gasteiger partial charge in [-0.2, -0.15) is 17.0 Å². The summed E-state index contributed by atoms with van der Waals surface area (Å²) in [6.07, 6.45) is 1.24. The molecule has 8 nitrogen and oxygen atoms in total. The summed E-state index contributed by atoms with van der Waals surface area (Å²) in [5, 5.41) is 5.73. The number of rotatable bonds is 6. The van der Waals surface area contributed by atoms with Crippen LogP contribution < -0.4 is 10.6 Å². The topological polar surface area (TPSA) is 98.8 Å². The predicted molar refractivity (Wildman–Crippen MR) is 135 cm³/mol. The van der Waals surface area contributed by atoms with Crippen LogP contribution in [-0.2, 0) is 20.4 Å². The third kappa shape index (κ3) is 6.22. The van der Waals surface area contributed by atoms with E-state index in [9.17, 15) is 18.0 Å². The summed E-state index contributed by atoms with van der Waals surface area (Å²) in [5.41, 5.74) is 2.80. The monoisotopic (exact) mass is 486 g/mol. The van der Waals surface area contributed by atoms with E-state index in [0.29, 0.717) is 36.3 Å². The number of benzene rings is 2. The molecule has 0 aromatic heterocycles. The van der Waals surface area contributed by atoms with Gasteiger partial charge in [-0.05, 0) is 54.2 Å². The number of hydrogen-bond acceptors (Lipinski definition) is 4. The molecule has 1 atom stereocenters. The normalized spacial score (nSPS) is 17.4. The number of carbonyl (C=O) groups is 2. The summed E-state index contributed by atoms with van der Waals surface area (Å²) in [4.78, 5) is 25.5. The van der Waals surface area contributed by atoms with Gasteiger partial charge < -0.3 is 10.6 Å². The van der Waals surface area contributed by atoms with Gasteiger partial charge in [0, 0.05) is 44.1 Å². The minimum Gasteiger partial charge on any atom is -0.326 e. The lowest BCUT2D eigenvalue weighted by atomic mass is 9.87. The Morgan fingerprint density at radius 3 is 2.21 bits per heavy atom. The van der Waals surface area contributed by atoms with Crippen molar-refractivity contribution in [3.63, 3.8) is 0 Å². The summed E-state index contributed by atoms with van der Waals surface area (Å²) in [5.74, 6) is -0.913. The maximum atomic E-state index is 12.8. The standard InChI is InChI=1S/C25H34N4O4S/c1-25(2,3)20-13-11-18(12-14-20)23(30)26-21-9-6-10-22(16-21)27-24(31)19-8-7-15-29(17-19)34(32,33)28(4)5/h6,9-14,16,19H,7-8,15,17H2,1-5H3,(H,26,30)(H,27,31)/t19-/m1/s1. The molecule has 1 aliphatic rings. The van der Waals surface area contributed by atoms with Crippen molar-refractivity contribution in [1.82, 2.24) is 8.61 Å². The minimum atomic E-state index is -3.56. The van der Waals surface area contributed by atoms with E-state index >= 15 is 0 Å². The fraction of sp³-hybridized carbons (Fsp3) is 0.440. The molecule has 0 bridgehead atoms. The van der Waals surface area contributed by atoms with E-state index in [4.69, 9.17) is 0 Å². The molecule has 2 amide bonds. The smallest absolute Gasteiger partial charge is 0.281 e. The molecule has 2 N–H and O–H groups in total. The number of piperidine rings is 1. The molecule has 184 valence electrons. The van der Waals surface area contributed by atoms with E-state index in [0.717, 1.165) is 9.87 Å². The molecule has 2 aromatic rings. The Morgan fingerprint density at radius 2 is 1.62 bits per heavy atom. The molecule has 0 spiro atoms. The summed E-state index contributed by atoms with van der Waals surface area (Å²) < 4.78 is 27.4. The van der Waals surface area contributed by atoms with Gasteiger partial charge >= 0.3 is 0 Å². The van der Waals surface area contributed by atoms with Gasteiger partial charge in [-0.3, -0.25) is 9.59 Å². The van der Waals surface area contributed by atoms with E-state index in [-0.39, 0.29) is 23.8 Å². The highest BCUT2D eigenvalue weighted by atomic mass is 32.2. The molecule has 2 aromatic carbocycles. The first-order chi connectivity index (χ1) is 15.9. The highest BCUT2D eigenvalue weighted by Gasteiger charge is 2.33. The van der Waals surface area contributed by atoms with Crippen molar-refractivity contribution in [2.24, 2.45) is 5.92 Å². The lowest BCUT2D eigenvalue weighted by Gasteiger charge is -2.32. The van der Waals surface area contributed by atoms with Crippen molar-refractivity contribution in [3.8, 4) is 0 Å².